The summed E-state index contributed by atoms with van der Waals surface area (Å²) in [6.45, 7) is 10.8. The van der Waals surface area contributed by atoms with Crippen LogP contribution in [-0.4, -0.2) is 135 Å². The number of carbonyl (C=O) groups excluding carboxylic acids is 4. The fourth-order valence-electron chi connectivity index (χ4n) is 10.5. The zero-order chi connectivity index (χ0) is 41.9. The van der Waals surface area contributed by atoms with Gasteiger partial charge >= 0.3 is 0 Å². The number of amides is 4. The molecule has 61 heavy (non-hydrogen) atoms. The minimum atomic E-state index is -0.967. The highest BCUT2D eigenvalue weighted by Crippen LogP contribution is 2.38. The summed E-state index contributed by atoms with van der Waals surface area (Å²) in [6.07, 6.45) is 10.6. The monoisotopic (exact) mass is 830 g/mol. The van der Waals surface area contributed by atoms with Gasteiger partial charge in [0.2, 0.25) is 17.8 Å². The fraction of sp³-hybridized carbons (Fsp3) is 0.545. The first-order chi connectivity index (χ1) is 29.6. The molecular formula is C44H54N12O5. The first-order valence-electron chi connectivity index (χ1n) is 22.0. The average Bonchev–Trinajstić information content (AvgIpc) is 3.78. The van der Waals surface area contributed by atoms with E-state index in [9.17, 15) is 19.2 Å². The van der Waals surface area contributed by atoms with Gasteiger partial charge in [-0.1, -0.05) is 0 Å². The molecule has 11 rings (SSSR count). The van der Waals surface area contributed by atoms with E-state index in [1.165, 1.54) is 0 Å². The second kappa shape index (κ2) is 16.0. The predicted molar refractivity (Wildman–Crippen MR) is 229 cm³/mol. The molecule has 1 aromatic carbocycles. The number of pyridine rings is 1. The predicted octanol–water partition coefficient (Wildman–Crippen LogP) is 4.13. The highest BCUT2D eigenvalue weighted by Gasteiger charge is 2.46. The van der Waals surface area contributed by atoms with Crippen LogP contribution in [0.4, 0.5) is 29.1 Å². The number of nitrogens with zero attached hydrogens (tertiary/aromatic N) is 10. The molecule has 0 saturated carbocycles. The number of imide groups is 2. The molecule has 3 atom stereocenters. The van der Waals surface area contributed by atoms with E-state index in [0.29, 0.717) is 52.8 Å². The summed E-state index contributed by atoms with van der Waals surface area (Å²) in [5.74, 6) is 1.80. The van der Waals surface area contributed by atoms with Crippen molar-refractivity contribution >= 4 is 63.6 Å². The number of hydrogen-bond donors (Lipinski definition) is 2. The van der Waals surface area contributed by atoms with Crippen LogP contribution >= 0.6 is 0 Å². The lowest BCUT2D eigenvalue weighted by Crippen LogP contribution is -2.63. The van der Waals surface area contributed by atoms with Crippen molar-refractivity contribution in [3.63, 3.8) is 0 Å². The second-order valence-electron chi connectivity index (χ2n) is 17.8. The Morgan fingerprint density at radius 2 is 1.61 bits per heavy atom. The normalized spacial score (nSPS) is 24.1. The highest BCUT2D eigenvalue weighted by molar-refractivity contribution is 6.23. The molecular weight excluding hydrogens is 777 g/mol. The van der Waals surface area contributed by atoms with Gasteiger partial charge in [0.1, 0.15) is 17.7 Å². The van der Waals surface area contributed by atoms with Crippen molar-refractivity contribution in [2.75, 3.05) is 72.9 Å². The largest absolute Gasteiger partial charge is 0.381 e. The van der Waals surface area contributed by atoms with Crippen LogP contribution < -0.4 is 25.3 Å². The molecule has 7 aliphatic heterocycles. The van der Waals surface area contributed by atoms with E-state index < -0.39 is 23.8 Å². The van der Waals surface area contributed by atoms with Crippen molar-refractivity contribution in [1.82, 2.24) is 39.8 Å². The smallest absolute Gasteiger partial charge is 0.262 e. The van der Waals surface area contributed by atoms with E-state index in [-0.39, 0.29) is 24.8 Å². The van der Waals surface area contributed by atoms with Gasteiger partial charge in [-0.2, -0.15) is 10.1 Å². The van der Waals surface area contributed by atoms with Crippen molar-refractivity contribution < 1.29 is 23.9 Å². The lowest BCUT2D eigenvalue weighted by molar-refractivity contribution is -0.136. The molecule has 0 radical (unpaired) electrons. The van der Waals surface area contributed by atoms with Gasteiger partial charge in [-0.25, -0.2) is 9.97 Å². The molecule has 7 aliphatic rings. The molecule has 10 heterocycles. The van der Waals surface area contributed by atoms with Crippen molar-refractivity contribution in [3.05, 3.63) is 53.9 Å². The molecule has 6 saturated heterocycles. The van der Waals surface area contributed by atoms with Gasteiger partial charge in [0.05, 0.1) is 28.1 Å². The lowest BCUT2D eigenvalue weighted by Gasteiger charge is -2.53. The molecule has 0 aliphatic carbocycles. The number of anilines is 5. The van der Waals surface area contributed by atoms with Crippen LogP contribution in [0.15, 0.2) is 42.7 Å². The number of aromatic nitrogens is 5. The van der Waals surface area contributed by atoms with E-state index in [4.69, 9.17) is 19.8 Å². The van der Waals surface area contributed by atoms with Gasteiger partial charge in [0.15, 0.2) is 5.82 Å². The maximum Gasteiger partial charge on any atom is 0.262 e. The molecule has 3 aromatic heterocycles. The number of nitrogens with one attached hydrogen (secondary N) is 2. The molecule has 4 amide bonds. The van der Waals surface area contributed by atoms with Crippen LogP contribution in [-0.2, 0) is 14.3 Å². The van der Waals surface area contributed by atoms with Gasteiger partial charge in [0, 0.05) is 102 Å². The summed E-state index contributed by atoms with van der Waals surface area (Å²) >= 11 is 0. The Hall–Kier alpha value is -5.68. The molecule has 17 heteroatoms. The number of benzene rings is 1. The Balaban J connectivity index is 0.765. The van der Waals surface area contributed by atoms with Crippen molar-refractivity contribution in [3.8, 4) is 0 Å². The summed E-state index contributed by atoms with van der Waals surface area (Å²) < 4.78 is 7.64. The zero-order valence-electron chi connectivity index (χ0n) is 35.1. The van der Waals surface area contributed by atoms with Gasteiger partial charge in [-0.05, 0) is 89.0 Å². The molecule has 0 spiro atoms. The average molecular weight is 831 g/mol. The second-order valence-corrected chi connectivity index (χ2v) is 17.8. The number of carbonyl (C=O) groups is 4. The standard InChI is InChI=1S/C44H54N12O5/c1-26(2)56-36-21-38(47-37-10-15-45-44(48-37)52-18-13-31(61-3)14-19-52)46-22-34(36)40(50-56)51-16-11-27(12-17-51)23-53-24-30-5-4-29(53)25-54(30)28-6-7-32-33(20-28)43(60)55(42(32)59)35-8-9-39(57)49-41(35)58/h6-7,10,15,20-22,26-27,29-31,35H,4-5,8-9,11-14,16-19,23-25H2,1-3H3,(H,49,57,58)(H,45,46,47,48). The zero-order valence-corrected chi connectivity index (χ0v) is 35.1. The van der Waals surface area contributed by atoms with Crippen LogP contribution in [0.25, 0.3) is 10.9 Å². The number of fused-ring (bicyclic) bond motifs is 5. The molecule has 2 bridgehead atoms. The molecule has 6 fully saturated rings. The van der Waals surface area contributed by atoms with Crippen molar-refractivity contribution in [2.45, 2.75) is 95.5 Å². The molecule has 320 valence electrons. The third kappa shape index (κ3) is 7.34. The summed E-state index contributed by atoms with van der Waals surface area (Å²) in [4.78, 5) is 76.1. The topological polar surface area (TPSA) is 174 Å². The summed E-state index contributed by atoms with van der Waals surface area (Å²) in [5, 5.41) is 11.9. The molecule has 3 unspecified atom stereocenters. The molecule has 17 nitrogen and oxygen atoms in total. The third-order valence-electron chi connectivity index (χ3n) is 13.8. The first-order valence-corrected chi connectivity index (χ1v) is 22.0. The van der Waals surface area contributed by atoms with Gasteiger partial charge in [-0.15, -0.1) is 0 Å². The summed E-state index contributed by atoms with van der Waals surface area (Å²) in [5.41, 5.74) is 2.63. The number of piperidine rings is 5. The third-order valence-corrected chi connectivity index (χ3v) is 13.8. The SMILES string of the molecule is COC1CCN(c2nccc(Nc3cc4c(cn3)c(N3CCC(CN5CC6CCC5CN6c5ccc6c(c5)C(=O)N(C5CCC(=O)NC5=O)C6=O)CC3)nn4C(C)C)n2)CC1. The van der Waals surface area contributed by atoms with Crippen LogP contribution in [0, 0.1) is 5.92 Å². The van der Waals surface area contributed by atoms with E-state index in [0.717, 1.165) is 112 Å². The maximum atomic E-state index is 13.5. The lowest BCUT2D eigenvalue weighted by atomic mass is 9.87. The van der Waals surface area contributed by atoms with Crippen LogP contribution in [0.2, 0.25) is 0 Å². The van der Waals surface area contributed by atoms with Crippen LogP contribution in [0.3, 0.4) is 0 Å². The first kappa shape index (κ1) is 39.5. The Morgan fingerprint density at radius 3 is 2.34 bits per heavy atom. The molecule has 2 N–H and O–H groups in total. The number of rotatable bonds is 10. The number of piperazine rings is 1. The number of ether oxygens (including phenoxy) is 1. The van der Waals surface area contributed by atoms with Gasteiger partial charge < -0.3 is 24.8 Å². The Morgan fingerprint density at radius 1 is 0.836 bits per heavy atom. The van der Waals surface area contributed by atoms with Gasteiger partial charge in [-0.3, -0.25) is 39.0 Å². The van der Waals surface area contributed by atoms with Crippen LogP contribution in [0.1, 0.15) is 92.0 Å². The van der Waals surface area contributed by atoms with Gasteiger partial charge in [0.25, 0.3) is 11.8 Å². The molecule has 4 aromatic rings. The van der Waals surface area contributed by atoms with E-state index >= 15 is 0 Å². The highest BCUT2D eigenvalue weighted by atomic mass is 16.5. The fourth-order valence-corrected chi connectivity index (χ4v) is 10.5. The minimum Gasteiger partial charge on any atom is -0.381 e. The Labute approximate surface area is 354 Å². The number of hydrogen-bond acceptors (Lipinski definition) is 14. The Bertz CT molecular complexity index is 2370. The quantitative estimate of drug-likeness (QED) is 0.219. The number of methoxy groups -OCH3 is 1. The minimum absolute atomic E-state index is 0.100. The van der Waals surface area contributed by atoms with Crippen molar-refractivity contribution in [1.29, 1.82) is 0 Å². The van der Waals surface area contributed by atoms with E-state index in [1.54, 1.807) is 19.4 Å². The van der Waals surface area contributed by atoms with E-state index in [1.807, 2.05) is 24.4 Å². The maximum absolute atomic E-state index is 13.5. The van der Waals surface area contributed by atoms with Crippen molar-refractivity contribution in [2.24, 2.45) is 5.92 Å². The van der Waals surface area contributed by atoms with E-state index in [2.05, 4.69) is 59.8 Å². The van der Waals surface area contributed by atoms with Crippen LogP contribution in [0.5, 0.6) is 0 Å². The Kier molecular flexibility index (Phi) is 10.3. The summed E-state index contributed by atoms with van der Waals surface area (Å²) in [6, 6.07) is 9.39. The summed E-state index contributed by atoms with van der Waals surface area (Å²) in [7, 11) is 1.78.